The molecular weight excluding hydrogens is 270 g/mol. The lowest BCUT2D eigenvalue weighted by atomic mass is 10.2. The molecule has 0 aliphatic rings. The molecule has 1 aromatic carbocycles. The van der Waals surface area contributed by atoms with Crippen LogP contribution in [0.15, 0.2) is 47.4 Å². The van der Waals surface area contributed by atoms with E-state index >= 15 is 0 Å². The van der Waals surface area contributed by atoms with Crippen molar-refractivity contribution in [3.05, 3.63) is 69.1 Å². The molecule has 0 unspecified atom stereocenters. The Labute approximate surface area is 113 Å². The summed E-state index contributed by atoms with van der Waals surface area (Å²) in [5.74, 6) is -1.12. The van der Waals surface area contributed by atoms with Crippen molar-refractivity contribution in [2.75, 3.05) is 0 Å². The Balaban J connectivity index is 2.15. The minimum absolute atomic E-state index is 0.0179. The average Bonchev–Trinajstić information content (AvgIpc) is 2.39. The van der Waals surface area contributed by atoms with Crippen molar-refractivity contribution in [2.24, 2.45) is 0 Å². The van der Waals surface area contributed by atoms with Crippen LogP contribution in [-0.4, -0.2) is 15.8 Å². The predicted octanol–water partition coefficient (Wildman–Crippen LogP) is 1.83. The molecule has 0 atom stereocenters. The zero-order valence-corrected chi connectivity index (χ0v) is 10.5. The summed E-state index contributed by atoms with van der Waals surface area (Å²) in [5.41, 5.74) is 0.367. The smallest absolute Gasteiger partial charge is 0.337 e. The van der Waals surface area contributed by atoms with Crippen LogP contribution in [0.1, 0.15) is 15.9 Å². The second kappa shape index (κ2) is 5.58. The van der Waals surface area contributed by atoms with Gasteiger partial charge in [-0.1, -0.05) is 23.7 Å². The number of nitrogens with zero attached hydrogens (tertiary/aromatic N) is 1. The van der Waals surface area contributed by atoms with Gasteiger partial charge in [0.05, 0.1) is 11.8 Å². The Hall–Kier alpha value is -2.27. The Morgan fingerprint density at radius 3 is 2.53 bits per heavy atom. The van der Waals surface area contributed by atoms with Crippen LogP contribution in [0.5, 0.6) is 0 Å². The highest BCUT2D eigenvalue weighted by Crippen LogP contribution is 2.09. The maximum atomic E-state index is 11.5. The van der Waals surface area contributed by atoms with E-state index in [1.54, 1.807) is 24.3 Å². The van der Waals surface area contributed by atoms with Crippen LogP contribution in [0.2, 0.25) is 5.02 Å². The summed E-state index contributed by atoms with van der Waals surface area (Å²) in [5, 5.41) is 9.44. The van der Waals surface area contributed by atoms with Gasteiger partial charge in [0.1, 0.15) is 6.61 Å². The van der Waals surface area contributed by atoms with E-state index in [0.29, 0.717) is 5.02 Å². The number of aromatic carboxylic acids is 1. The number of hydrogen-bond donors (Lipinski definition) is 1. The molecule has 98 valence electrons. The molecule has 0 saturated carbocycles. The van der Waals surface area contributed by atoms with Crippen molar-refractivity contribution in [3.63, 3.8) is 0 Å². The van der Waals surface area contributed by atoms with Crippen LogP contribution in [0.3, 0.4) is 0 Å². The fraction of sp³-hybridized carbons (Fsp3) is 0.0769. The molecule has 19 heavy (non-hydrogen) atoms. The molecule has 0 radical (unpaired) electrons. The van der Waals surface area contributed by atoms with E-state index < -0.39 is 11.5 Å². The van der Waals surface area contributed by atoms with Gasteiger partial charge in [0.2, 0.25) is 0 Å². The van der Waals surface area contributed by atoms with E-state index in [1.807, 2.05) is 0 Å². The van der Waals surface area contributed by atoms with Crippen molar-refractivity contribution in [2.45, 2.75) is 6.61 Å². The average molecular weight is 280 g/mol. The van der Waals surface area contributed by atoms with E-state index in [0.717, 1.165) is 22.6 Å². The van der Waals surface area contributed by atoms with Crippen LogP contribution in [0.25, 0.3) is 0 Å². The van der Waals surface area contributed by atoms with Crippen LogP contribution >= 0.6 is 11.6 Å². The molecule has 0 aliphatic carbocycles. The number of carboxylic acid groups (broad SMARTS) is 1. The zero-order valence-electron chi connectivity index (χ0n) is 9.75. The predicted molar refractivity (Wildman–Crippen MR) is 69.4 cm³/mol. The SMILES string of the molecule is O=C(O)c1ccc(=O)n(OCc2ccc(Cl)cc2)c1. The van der Waals surface area contributed by atoms with E-state index in [-0.39, 0.29) is 12.2 Å². The molecule has 6 heteroatoms. The molecule has 1 aromatic heterocycles. The standard InChI is InChI=1S/C13H10ClNO4/c14-11-4-1-9(2-5-11)8-19-15-7-10(13(17)18)3-6-12(15)16/h1-7H,8H2,(H,17,18). The van der Waals surface area contributed by atoms with Crippen LogP contribution < -0.4 is 10.4 Å². The lowest BCUT2D eigenvalue weighted by Crippen LogP contribution is -2.26. The first-order valence-electron chi connectivity index (χ1n) is 5.40. The molecule has 5 nitrogen and oxygen atoms in total. The van der Waals surface area contributed by atoms with Crippen LogP contribution in [-0.2, 0) is 6.61 Å². The van der Waals surface area contributed by atoms with Gasteiger partial charge in [-0.25, -0.2) is 4.79 Å². The molecule has 1 heterocycles. The topological polar surface area (TPSA) is 68.5 Å². The lowest BCUT2D eigenvalue weighted by molar-refractivity contribution is 0.0674. The third kappa shape index (κ3) is 3.35. The number of benzene rings is 1. The molecular formula is C13H10ClNO4. The fourth-order valence-electron chi connectivity index (χ4n) is 1.42. The number of carboxylic acids is 1. The summed E-state index contributed by atoms with van der Waals surface area (Å²) in [4.78, 5) is 27.5. The molecule has 0 spiro atoms. The quantitative estimate of drug-likeness (QED) is 0.927. The lowest BCUT2D eigenvalue weighted by Gasteiger charge is -2.08. The van der Waals surface area contributed by atoms with Gasteiger partial charge in [0.15, 0.2) is 0 Å². The normalized spacial score (nSPS) is 10.2. The number of aromatic nitrogens is 1. The summed E-state index contributed by atoms with van der Waals surface area (Å²) >= 11 is 5.75. The maximum Gasteiger partial charge on any atom is 0.337 e. The fourth-order valence-corrected chi connectivity index (χ4v) is 1.55. The second-order valence-corrected chi connectivity index (χ2v) is 4.22. The molecule has 0 aliphatic heterocycles. The molecule has 1 N–H and O–H groups in total. The second-order valence-electron chi connectivity index (χ2n) is 3.79. The van der Waals surface area contributed by atoms with Gasteiger partial charge >= 0.3 is 5.97 Å². The third-order valence-corrected chi connectivity index (χ3v) is 2.66. The van der Waals surface area contributed by atoms with Gasteiger partial charge in [0, 0.05) is 11.1 Å². The number of rotatable bonds is 4. The summed E-state index contributed by atoms with van der Waals surface area (Å²) in [6.07, 6.45) is 1.14. The van der Waals surface area contributed by atoms with Gasteiger partial charge in [0.25, 0.3) is 5.56 Å². The third-order valence-electron chi connectivity index (χ3n) is 2.41. The largest absolute Gasteiger partial charge is 0.478 e. The molecule has 0 saturated heterocycles. The Bertz CT molecular complexity index is 648. The number of carbonyl (C=O) groups is 1. The maximum absolute atomic E-state index is 11.5. The Morgan fingerprint density at radius 2 is 1.89 bits per heavy atom. The van der Waals surface area contributed by atoms with Gasteiger partial charge < -0.3 is 9.94 Å². The minimum Gasteiger partial charge on any atom is -0.478 e. The van der Waals surface area contributed by atoms with Gasteiger partial charge in [-0.3, -0.25) is 4.79 Å². The van der Waals surface area contributed by atoms with Crippen molar-refractivity contribution in [3.8, 4) is 0 Å². The summed E-state index contributed by atoms with van der Waals surface area (Å²) in [6, 6.07) is 9.30. The molecule has 2 aromatic rings. The first kappa shape index (κ1) is 13.2. The van der Waals surface area contributed by atoms with Gasteiger partial charge in [-0.15, -0.1) is 0 Å². The van der Waals surface area contributed by atoms with E-state index in [4.69, 9.17) is 21.5 Å². The van der Waals surface area contributed by atoms with E-state index in [1.165, 1.54) is 6.07 Å². The van der Waals surface area contributed by atoms with E-state index in [2.05, 4.69) is 0 Å². The Morgan fingerprint density at radius 1 is 1.21 bits per heavy atom. The van der Waals surface area contributed by atoms with Crippen molar-refractivity contribution >= 4 is 17.6 Å². The van der Waals surface area contributed by atoms with Crippen LogP contribution in [0, 0.1) is 0 Å². The first-order chi connectivity index (χ1) is 9.06. The van der Waals surface area contributed by atoms with Gasteiger partial charge in [-0.05, 0) is 23.8 Å². The highest BCUT2D eigenvalue weighted by molar-refractivity contribution is 6.30. The van der Waals surface area contributed by atoms with E-state index in [9.17, 15) is 9.59 Å². The van der Waals surface area contributed by atoms with Gasteiger partial charge in [-0.2, -0.15) is 4.73 Å². The number of hydrogen-bond acceptors (Lipinski definition) is 3. The van der Waals surface area contributed by atoms with Crippen LogP contribution in [0.4, 0.5) is 0 Å². The van der Waals surface area contributed by atoms with Crippen molar-refractivity contribution in [1.82, 2.24) is 4.73 Å². The molecule has 0 bridgehead atoms. The number of halogens is 1. The minimum atomic E-state index is -1.12. The summed E-state index contributed by atoms with van der Waals surface area (Å²) in [6.45, 7) is 0.139. The first-order valence-corrected chi connectivity index (χ1v) is 5.78. The number of pyridine rings is 1. The highest BCUT2D eigenvalue weighted by Gasteiger charge is 2.06. The van der Waals surface area contributed by atoms with Crippen molar-refractivity contribution < 1.29 is 14.7 Å². The van der Waals surface area contributed by atoms with Crippen molar-refractivity contribution in [1.29, 1.82) is 0 Å². The summed E-state index contributed by atoms with van der Waals surface area (Å²) < 4.78 is 0.901. The highest BCUT2D eigenvalue weighted by atomic mass is 35.5. The summed E-state index contributed by atoms with van der Waals surface area (Å²) in [7, 11) is 0. The molecule has 0 amide bonds. The monoisotopic (exact) mass is 279 g/mol. The zero-order chi connectivity index (χ0) is 13.8. The molecule has 2 rings (SSSR count). The molecule has 0 fully saturated rings. The Kier molecular flexibility index (Phi) is 3.87.